The van der Waals surface area contributed by atoms with Gasteiger partial charge in [0.05, 0.1) is 0 Å². The average Bonchev–Trinajstić information content (AvgIpc) is 2.75. The third-order valence-electron chi connectivity index (χ3n) is 3.15. The maximum Gasteiger partial charge on any atom is 0.0249 e. The fourth-order valence-corrected chi connectivity index (χ4v) is 1.83. The molecule has 0 heterocycles. The van der Waals surface area contributed by atoms with Crippen molar-refractivity contribution in [1.29, 1.82) is 0 Å². The van der Waals surface area contributed by atoms with Crippen molar-refractivity contribution in [2.45, 2.75) is 48.5 Å². The first-order valence-electron chi connectivity index (χ1n) is 9.78. The van der Waals surface area contributed by atoms with Crippen molar-refractivity contribution in [2.75, 3.05) is 0 Å². The van der Waals surface area contributed by atoms with Crippen LogP contribution in [-0.4, -0.2) is 0 Å². The molecule has 1 rings (SSSR count). The van der Waals surface area contributed by atoms with Crippen LogP contribution in [0.1, 0.15) is 59.6 Å². The third-order valence-corrected chi connectivity index (χ3v) is 3.15. The van der Waals surface area contributed by atoms with Crippen LogP contribution in [0.5, 0.6) is 0 Å². The molecule has 0 aromatic heterocycles. The van der Waals surface area contributed by atoms with Gasteiger partial charge in [0.15, 0.2) is 0 Å². The van der Waals surface area contributed by atoms with E-state index in [0.717, 1.165) is 22.3 Å². The van der Waals surface area contributed by atoms with Crippen LogP contribution in [0.25, 0.3) is 6.08 Å². The Balaban J connectivity index is 0. The van der Waals surface area contributed by atoms with Gasteiger partial charge in [0, 0.05) is 11.1 Å². The molecule has 0 saturated carbocycles. The first-order chi connectivity index (χ1) is 13.2. The van der Waals surface area contributed by atoms with E-state index in [2.05, 4.69) is 48.8 Å². The van der Waals surface area contributed by atoms with Crippen molar-refractivity contribution < 1.29 is 0 Å². The average molecular weight is 361 g/mol. The van der Waals surface area contributed by atoms with Crippen molar-refractivity contribution in [3.8, 4) is 11.8 Å². The zero-order chi connectivity index (χ0) is 20.9. The molecule has 0 unspecified atom stereocenters. The number of allylic oxidation sites excluding steroid dienone is 10. The molecule has 0 atom stereocenters. The summed E-state index contributed by atoms with van der Waals surface area (Å²) in [5, 5.41) is 0. The molecule has 0 spiro atoms. The standard InChI is InChI=1S/C23H24.2C2H6/c1-5-9-11-21(8-4)13-15-23-18-16-22(17-19-23)14-12-20(7-3)10-6-2;2*1-2/h5-11,13,15-19H,1H2,2-4H3;2*1-2H3/b10-6-,11-9-,15-13?,20-7+,21-8+;;. The number of hydrogen-bond donors (Lipinski definition) is 0. The van der Waals surface area contributed by atoms with Crippen LogP contribution in [0.3, 0.4) is 0 Å². The second-order valence-electron chi connectivity index (χ2n) is 4.83. The van der Waals surface area contributed by atoms with Gasteiger partial charge in [-0.3, -0.25) is 0 Å². The molecule has 0 aliphatic rings. The summed E-state index contributed by atoms with van der Waals surface area (Å²) in [6.07, 6.45) is 18.0. The first-order valence-corrected chi connectivity index (χ1v) is 9.78. The monoisotopic (exact) mass is 360 g/mol. The smallest absolute Gasteiger partial charge is 0.0249 e. The Morgan fingerprint density at radius 3 is 1.96 bits per heavy atom. The molecule has 0 aliphatic carbocycles. The van der Waals surface area contributed by atoms with E-state index in [1.165, 1.54) is 0 Å². The Labute approximate surface area is 168 Å². The van der Waals surface area contributed by atoms with E-state index in [1.807, 2.05) is 91.0 Å². The molecule has 27 heavy (non-hydrogen) atoms. The van der Waals surface area contributed by atoms with E-state index in [1.54, 1.807) is 6.08 Å². The zero-order valence-corrected chi connectivity index (χ0v) is 18.2. The van der Waals surface area contributed by atoms with Crippen LogP contribution in [0.2, 0.25) is 0 Å². The van der Waals surface area contributed by atoms with Gasteiger partial charge in [0.2, 0.25) is 0 Å². The topological polar surface area (TPSA) is 0 Å². The molecule has 0 saturated heterocycles. The number of rotatable bonds is 5. The molecule has 0 nitrogen and oxygen atoms in total. The minimum atomic E-state index is 1.02. The Morgan fingerprint density at radius 2 is 1.48 bits per heavy atom. The lowest BCUT2D eigenvalue weighted by Crippen LogP contribution is -1.78. The molecule has 0 amide bonds. The van der Waals surface area contributed by atoms with Gasteiger partial charge in [-0.05, 0) is 44.0 Å². The Morgan fingerprint density at radius 1 is 0.852 bits per heavy atom. The van der Waals surface area contributed by atoms with Crippen LogP contribution in [0, 0.1) is 11.8 Å². The van der Waals surface area contributed by atoms with Gasteiger partial charge in [-0.2, -0.15) is 0 Å². The maximum atomic E-state index is 3.68. The molecule has 1 aromatic carbocycles. The third kappa shape index (κ3) is 13.1. The first kappa shape index (κ1) is 26.4. The minimum absolute atomic E-state index is 1.02. The Kier molecular flexibility index (Phi) is 19.1. The zero-order valence-electron chi connectivity index (χ0n) is 18.2. The second kappa shape index (κ2) is 19.5. The van der Waals surface area contributed by atoms with Crippen LogP contribution >= 0.6 is 0 Å². The molecule has 0 aliphatic heterocycles. The number of benzene rings is 1. The molecule has 0 fully saturated rings. The van der Waals surface area contributed by atoms with Gasteiger partial charge in [0.1, 0.15) is 0 Å². The summed E-state index contributed by atoms with van der Waals surface area (Å²) in [4.78, 5) is 0. The summed E-state index contributed by atoms with van der Waals surface area (Å²) in [7, 11) is 0. The normalized spacial score (nSPS) is 11.4. The summed E-state index contributed by atoms with van der Waals surface area (Å²) in [6.45, 7) is 17.7. The van der Waals surface area contributed by atoms with Crippen LogP contribution < -0.4 is 0 Å². The minimum Gasteiger partial charge on any atom is -0.0991 e. The Hall–Kier alpha value is -2.78. The van der Waals surface area contributed by atoms with Gasteiger partial charge >= 0.3 is 0 Å². The predicted octanol–water partition coefficient (Wildman–Crippen LogP) is 8.31. The van der Waals surface area contributed by atoms with Crippen LogP contribution in [0.15, 0.2) is 90.6 Å². The molecule has 0 radical (unpaired) electrons. The van der Waals surface area contributed by atoms with Gasteiger partial charge in [-0.25, -0.2) is 0 Å². The van der Waals surface area contributed by atoms with Crippen molar-refractivity contribution in [2.24, 2.45) is 0 Å². The lowest BCUT2D eigenvalue weighted by molar-refractivity contribution is 1.50. The van der Waals surface area contributed by atoms with Crippen LogP contribution in [-0.2, 0) is 0 Å². The highest BCUT2D eigenvalue weighted by molar-refractivity contribution is 5.56. The summed E-state index contributed by atoms with van der Waals surface area (Å²) >= 11 is 0. The van der Waals surface area contributed by atoms with Gasteiger partial charge < -0.3 is 0 Å². The summed E-state index contributed by atoms with van der Waals surface area (Å²) < 4.78 is 0. The number of hydrogen-bond acceptors (Lipinski definition) is 0. The van der Waals surface area contributed by atoms with E-state index in [4.69, 9.17) is 0 Å². The molecule has 144 valence electrons. The fourth-order valence-electron chi connectivity index (χ4n) is 1.83. The quantitative estimate of drug-likeness (QED) is 0.366. The second-order valence-corrected chi connectivity index (χ2v) is 4.83. The SMILES string of the molecule is C=C/C=C\C(C=Cc1ccc(C#CC(/C=C\C)=C/C)cc1)=C/C.CC.CC. The highest BCUT2D eigenvalue weighted by Gasteiger charge is 1.90. The van der Waals surface area contributed by atoms with E-state index in [0.29, 0.717) is 0 Å². The van der Waals surface area contributed by atoms with Crippen molar-refractivity contribution >= 4 is 6.08 Å². The largest absolute Gasteiger partial charge is 0.0991 e. The van der Waals surface area contributed by atoms with Gasteiger partial charge in [-0.15, -0.1) is 0 Å². The van der Waals surface area contributed by atoms with Crippen LogP contribution in [0.4, 0.5) is 0 Å². The molecule has 0 N–H and O–H groups in total. The molecule has 0 bridgehead atoms. The van der Waals surface area contributed by atoms with Crippen molar-refractivity contribution in [3.05, 3.63) is 102 Å². The van der Waals surface area contributed by atoms with E-state index in [9.17, 15) is 0 Å². The van der Waals surface area contributed by atoms with Gasteiger partial charge in [-0.1, -0.05) is 113 Å². The lowest BCUT2D eigenvalue weighted by Gasteiger charge is -1.96. The molecule has 1 aromatic rings. The van der Waals surface area contributed by atoms with Gasteiger partial charge in [0.25, 0.3) is 0 Å². The fraction of sp³-hybridized carbons (Fsp3) is 0.259. The summed E-state index contributed by atoms with van der Waals surface area (Å²) in [5.74, 6) is 6.35. The van der Waals surface area contributed by atoms with E-state index >= 15 is 0 Å². The van der Waals surface area contributed by atoms with E-state index in [-0.39, 0.29) is 0 Å². The molecular weight excluding hydrogens is 324 g/mol. The van der Waals surface area contributed by atoms with Crippen molar-refractivity contribution in [1.82, 2.24) is 0 Å². The highest BCUT2D eigenvalue weighted by Crippen LogP contribution is 2.09. The lowest BCUT2D eigenvalue weighted by atomic mass is 10.1. The summed E-state index contributed by atoms with van der Waals surface area (Å²) in [6, 6.07) is 8.25. The summed E-state index contributed by atoms with van der Waals surface area (Å²) in [5.41, 5.74) is 4.35. The maximum absolute atomic E-state index is 3.68. The molecular formula is C27H36. The van der Waals surface area contributed by atoms with Crippen molar-refractivity contribution in [3.63, 3.8) is 0 Å². The van der Waals surface area contributed by atoms with E-state index < -0.39 is 0 Å². The highest BCUT2D eigenvalue weighted by atomic mass is 13.9. The predicted molar refractivity (Wildman–Crippen MR) is 127 cm³/mol. The Bertz CT molecular complexity index is 706. The molecule has 0 heteroatoms.